The zero-order valence-electron chi connectivity index (χ0n) is 6.90. The normalized spacial score (nSPS) is 4.88. The van der Waals surface area contributed by atoms with Gasteiger partial charge in [0.2, 0.25) is 0 Å². The predicted octanol–water partition coefficient (Wildman–Crippen LogP) is -1.34. The van der Waals surface area contributed by atoms with Gasteiger partial charge >= 0.3 is 26.2 Å². The van der Waals surface area contributed by atoms with Crippen molar-refractivity contribution in [1.29, 1.82) is 0 Å². The Morgan fingerprint density at radius 3 is 0.688 bits per heavy atom. The Balaban J connectivity index is -0.0000000205. The number of nitrogens with two attached hydrogens (primary N) is 1. The largest absolute Gasteiger partial charge is 3.00 e. The maximum atomic E-state index is 8.25. The van der Waals surface area contributed by atoms with E-state index >= 15 is 0 Å². The Labute approximate surface area is 111 Å². The van der Waals surface area contributed by atoms with Crippen LogP contribution in [0.1, 0.15) is 0 Å². The third-order valence-corrected chi connectivity index (χ3v) is 0. The van der Waals surface area contributed by atoms with Crippen molar-refractivity contribution in [1.82, 2.24) is 0 Å². The van der Waals surface area contributed by atoms with Gasteiger partial charge < -0.3 is 51.2 Å². The van der Waals surface area contributed by atoms with Gasteiger partial charge in [-0.2, -0.15) is 0 Å². The second kappa shape index (κ2) is 37.3. The van der Waals surface area contributed by atoms with Crippen LogP contribution in [0, 0.1) is 46.0 Å². The van der Waals surface area contributed by atoms with Crippen molar-refractivity contribution in [3.05, 3.63) is 46.0 Å². The SMILES string of the molecule is Cl.NO.O=[N+]([O-])[O-].O=[N+]([O-])[O-].O=[N+]([O-])[O-].[Bi+3]. The summed E-state index contributed by atoms with van der Waals surface area (Å²) in [6.07, 6.45) is 0. The van der Waals surface area contributed by atoms with E-state index in [1.165, 1.54) is 0 Å². The van der Waals surface area contributed by atoms with Crippen molar-refractivity contribution < 1.29 is 20.5 Å². The molecule has 96 valence electrons. The monoisotopic (exact) mass is 464 g/mol. The van der Waals surface area contributed by atoms with Gasteiger partial charge in [0.15, 0.2) is 0 Å². The molecule has 3 N–H and O–H groups in total. The quantitative estimate of drug-likeness (QED) is 0.241. The molecule has 0 aliphatic heterocycles. The van der Waals surface area contributed by atoms with E-state index in [0.717, 1.165) is 0 Å². The molecule has 0 rings (SSSR count). The Hall–Kier alpha value is -1.31. The first-order chi connectivity index (χ1) is 6.20. The molecule has 0 saturated heterocycles. The average Bonchev–Trinajstić information content (AvgIpc) is 1.86. The van der Waals surface area contributed by atoms with Gasteiger partial charge in [0.25, 0.3) is 0 Å². The zero-order valence-corrected chi connectivity index (χ0v) is 11.2. The van der Waals surface area contributed by atoms with Crippen LogP contribution in [-0.2, 0) is 0 Å². The van der Waals surface area contributed by atoms with E-state index in [1.54, 1.807) is 0 Å². The molecular formula is H4BiClN4O10. The molecule has 0 aromatic carbocycles. The van der Waals surface area contributed by atoms with E-state index in [2.05, 4.69) is 5.90 Å². The summed E-state index contributed by atoms with van der Waals surface area (Å²) in [5.41, 5.74) is 0. The minimum absolute atomic E-state index is 0. The molecule has 0 unspecified atom stereocenters. The molecule has 0 amide bonds. The number of hydrogen-bond acceptors (Lipinski definition) is 11. The van der Waals surface area contributed by atoms with Gasteiger partial charge in [0.1, 0.15) is 0 Å². The van der Waals surface area contributed by atoms with Crippen molar-refractivity contribution in [2.75, 3.05) is 0 Å². The molecule has 0 bridgehead atoms. The summed E-state index contributed by atoms with van der Waals surface area (Å²) in [5.74, 6) is 3.50. The van der Waals surface area contributed by atoms with E-state index in [-0.39, 0.29) is 38.6 Å². The number of halogens is 1. The van der Waals surface area contributed by atoms with Crippen molar-refractivity contribution in [3.63, 3.8) is 0 Å². The van der Waals surface area contributed by atoms with Gasteiger partial charge in [-0.1, -0.05) is 0 Å². The van der Waals surface area contributed by atoms with Crippen molar-refractivity contribution in [2.24, 2.45) is 5.90 Å². The summed E-state index contributed by atoms with van der Waals surface area (Å²) in [5, 5.41) is 50.8. The van der Waals surface area contributed by atoms with Crippen LogP contribution in [0.3, 0.4) is 0 Å². The van der Waals surface area contributed by atoms with E-state index < -0.39 is 15.3 Å². The van der Waals surface area contributed by atoms with Gasteiger partial charge in [0, 0.05) is 0 Å². The summed E-state index contributed by atoms with van der Waals surface area (Å²) in [7, 11) is 0. The summed E-state index contributed by atoms with van der Waals surface area (Å²) in [4.78, 5) is 24.8. The van der Waals surface area contributed by atoms with E-state index in [4.69, 9.17) is 51.2 Å². The van der Waals surface area contributed by atoms with E-state index in [0.29, 0.717) is 0 Å². The zero-order chi connectivity index (χ0) is 12.7. The predicted molar refractivity (Wildman–Crippen MR) is 50.1 cm³/mol. The van der Waals surface area contributed by atoms with Gasteiger partial charge in [-0.05, 0) is 0 Å². The maximum absolute atomic E-state index is 8.25. The molecule has 0 aliphatic rings. The maximum Gasteiger partial charge on any atom is 3.00 e. The van der Waals surface area contributed by atoms with E-state index in [1.807, 2.05) is 0 Å². The topological polar surface area (TPSA) is 245 Å². The molecule has 0 aromatic rings. The molecule has 16 heteroatoms. The molecular weight excluding hydrogens is 460 g/mol. The van der Waals surface area contributed by atoms with Crippen LogP contribution in [0.4, 0.5) is 0 Å². The fraction of sp³-hybridized carbons (Fsp3) is 0. The summed E-state index contributed by atoms with van der Waals surface area (Å²) in [6, 6.07) is 0. The van der Waals surface area contributed by atoms with Crippen molar-refractivity contribution in [2.45, 2.75) is 0 Å². The summed E-state index contributed by atoms with van der Waals surface area (Å²) < 4.78 is 0. The van der Waals surface area contributed by atoms with Crippen LogP contribution >= 0.6 is 12.4 Å². The molecule has 0 aromatic heterocycles. The van der Waals surface area contributed by atoms with E-state index in [9.17, 15) is 0 Å². The van der Waals surface area contributed by atoms with Crippen LogP contribution < -0.4 is 5.90 Å². The molecule has 0 spiro atoms. The molecule has 0 aliphatic carbocycles. The summed E-state index contributed by atoms with van der Waals surface area (Å²) >= 11 is 0. The first-order valence-electron chi connectivity index (χ1n) is 1.90. The molecule has 0 heterocycles. The fourth-order valence-corrected chi connectivity index (χ4v) is 0. The van der Waals surface area contributed by atoms with Gasteiger partial charge in [0.05, 0.1) is 15.3 Å². The minimum atomic E-state index is -1.75. The standard InChI is InChI=1S/Bi.ClH.3NO3.H3NO/c;;3*2-1(3)4;1-2/h;1H;;;;2H,1H2/q+3;;3*-1;. The third kappa shape index (κ3) is 1020. The second-order valence-electron chi connectivity index (χ2n) is 0.671. The Bertz CT molecular complexity index is 120. The Morgan fingerprint density at radius 1 is 0.688 bits per heavy atom. The van der Waals surface area contributed by atoms with Gasteiger partial charge in [-0.3, -0.25) is 0 Å². The number of hydrogen-bond donors (Lipinski definition) is 2. The van der Waals surface area contributed by atoms with Gasteiger partial charge in [-0.15, -0.1) is 12.4 Å². The Morgan fingerprint density at radius 2 is 0.688 bits per heavy atom. The number of rotatable bonds is 0. The average molecular weight is 464 g/mol. The minimum Gasteiger partial charge on any atom is -0.356 e. The molecule has 2 radical (unpaired) electrons. The van der Waals surface area contributed by atoms with Gasteiger partial charge in [-0.25, -0.2) is 5.90 Å². The molecule has 16 heavy (non-hydrogen) atoms. The summed E-state index contributed by atoms with van der Waals surface area (Å²) in [6.45, 7) is 0. The smallest absolute Gasteiger partial charge is 0.356 e. The van der Waals surface area contributed by atoms with Crippen LogP contribution in [0.5, 0.6) is 0 Å². The van der Waals surface area contributed by atoms with Crippen LogP contribution in [0.15, 0.2) is 0 Å². The molecule has 0 atom stereocenters. The van der Waals surface area contributed by atoms with Crippen LogP contribution in [0.2, 0.25) is 0 Å². The number of nitrogens with zero attached hydrogens (tertiary/aromatic N) is 3. The third-order valence-electron chi connectivity index (χ3n) is 0. The van der Waals surface area contributed by atoms with Crippen LogP contribution in [-0.4, -0.2) is 46.7 Å². The fourth-order valence-electron chi connectivity index (χ4n) is 0. The molecule has 14 nitrogen and oxygen atoms in total. The molecule has 0 fully saturated rings. The second-order valence-corrected chi connectivity index (χ2v) is 0.671. The van der Waals surface area contributed by atoms with Crippen molar-refractivity contribution >= 4 is 38.6 Å². The Kier molecular flexibility index (Phi) is 84.9. The van der Waals surface area contributed by atoms with Crippen molar-refractivity contribution in [3.8, 4) is 0 Å². The first kappa shape index (κ1) is 36.5. The first-order valence-corrected chi connectivity index (χ1v) is 1.90. The van der Waals surface area contributed by atoms with Crippen LogP contribution in [0.25, 0.3) is 0 Å². The molecule has 0 saturated carbocycles.